The van der Waals surface area contributed by atoms with Crippen LogP contribution in [-0.2, 0) is 0 Å². The van der Waals surface area contributed by atoms with Gasteiger partial charge in [-0.2, -0.15) is 0 Å². The van der Waals surface area contributed by atoms with Gasteiger partial charge in [-0.25, -0.2) is 0 Å². The van der Waals surface area contributed by atoms with Gasteiger partial charge in [-0.05, 0) is 41.9 Å². The van der Waals surface area contributed by atoms with E-state index in [1.807, 2.05) is 0 Å². The maximum absolute atomic E-state index is 8.59. The van der Waals surface area contributed by atoms with Crippen LogP contribution in [0.3, 0.4) is 0 Å². The average Bonchev–Trinajstić information content (AvgIpc) is 2.87. The molecular weight excluding hydrogens is 382 g/mol. The second-order valence-corrected chi connectivity index (χ2v) is 6.22. The lowest BCUT2D eigenvalue weighted by Crippen LogP contribution is -2.11. The molecule has 0 aromatic heterocycles. The van der Waals surface area contributed by atoms with E-state index in [0.29, 0.717) is 10.2 Å². The van der Waals surface area contributed by atoms with Crippen molar-refractivity contribution < 1.29 is 13.7 Å². The molecule has 0 heterocycles. The molecule has 0 saturated heterocycles. The van der Waals surface area contributed by atoms with Gasteiger partial charge < -0.3 is 4.90 Å². The number of anilines is 3. The number of halogens is 1. The van der Waals surface area contributed by atoms with Gasteiger partial charge in [-0.15, -0.1) is 0 Å². The van der Waals surface area contributed by atoms with E-state index < -0.39 is 60.4 Å². The first-order valence-corrected chi connectivity index (χ1v) is 8.55. The molecule has 0 atom stereocenters. The van der Waals surface area contributed by atoms with Gasteiger partial charge in [0.05, 0.1) is 19.4 Å². The number of rotatable bonds is 4. The van der Waals surface area contributed by atoms with Crippen LogP contribution in [0.1, 0.15) is 13.7 Å². The molecular formula is C24H18BrN. The predicted octanol–water partition coefficient (Wildman–Crippen LogP) is 7.59. The zero-order chi connectivity index (χ0) is 26.5. The van der Waals surface area contributed by atoms with Gasteiger partial charge in [-0.3, -0.25) is 0 Å². The van der Waals surface area contributed by atoms with Crippen molar-refractivity contribution in [1.82, 2.24) is 0 Å². The first kappa shape index (κ1) is 8.70. The molecule has 0 aliphatic heterocycles. The molecule has 0 aliphatic carbocycles. The quantitative estimate of drug-likeness (QED) is 0.335. The first-order valence-electron chi connectivity index (χ1n) is 12.8. The molecule has 0 radical (unpaired) electrons. The summed E-state index contributed by atoms with van der Waals surface area (Å²) < 4.78 is 83.3. The fraction of sp³-hybridized carbons (Fsp3) is 0. The largest absolute Gasteiger partial charge is 0.310 e. The first-order chi connectivity index (χ1) is 17.0. The smallest absolute Gasteiger partial charge is 0.0645 e. The van der Waals surface area contributed by atoms with Gasteiger partial charge in [0.15, 0.2) is 0 Å². The maximum Gasteiger partial charge on any atom is 0.0645 e. The van der Waals surface area contributed by atoms with E-state index in [1.54, 1.807) is 48.5 Å². The standard InChI is InChI=1S/C24H18BrN/c25-20-12-9-15-22(18-20)26(21-13-5-2-6-14-21)24-17-8-7-16-23(24)19-10-3-1-4-11-19/h1-18H/i1D,2D,3D,4D,5D,6D,10D,11D,13D,14D. The van der Waals surface area contributed by atoms with E-state index in [9.17, 15) is 0 Å². The lowest BCUT2D eigenvalue weighted by atomic mass is 10.0. The highest BCUT2D eigenvalue weighted by Crippen LogP contribution is 2.40. The monoisotopic (exact) mass is 409 g/mol. The van der Waals surface area contributed by atoms with Crippen LogP contribution in [-0.4, -0.2) is 0 Å². The molecule has 1 nitrogen and oxygen atoms in total. The zero-order valence-electron chi connectivity index (χ0n) is 23.4. The molecule has 0 amide bonds. The molecule has 0 N–H and O–H groups in total. The van der Waals surface area contributed by atoms with Crippen LogP contribution in [0.2, 0.25) is 0 Å². The lowest BCUT2D eigenvalue weighted by Gasteiger charge is -2.28. The van der Waals surface area contributed by atoms with Crippen LogP contribution in [0.5, 0.6) is 0 Å². The SMILES string of the molecule is [2H]c1c([2H])c([2H])c(-c2ccccc2N(c2cccc(Br)c2)c2c([2H])c([2H])c([2H])c([2H])c2[2H])c([2H])c1[2H]. The molecule has 4 rings (SSSR count). The maximum atomic E-state index is 8.59. The number of para-hydroxylation sites is 2. The van der Waals surface area contributed by atoms with Crippen molar-refractivity contribution >= 4 is 33.0 Å². The summed E-state index contributed by atoms with van der Waals surface area (Å²) in [6.45, 7) is 0. The van der Waals surface area contributed by atoms with E-state index in [2.05, 4.69) is 15.9 Å². The Balaban J connectivity index is 2.15. The zero-order valence-corrected chi connectivity index (χ0v) is 15.0. The molecule has 0 aliphatic rings. The Labute approximate surface area is 176 Å². The molecule has 4 aromatic rings. The number of nitrogens with zero attached hydrogens (tertiary/aromatic N) is 1. The van der Waals surface area contributed by atoms with Crippen LogP contribution in [0.15, 0.2) is 113 Å². The summed E-state index contributed by atoms with van der Waals surface area (Å²) in [5, 5.41) is 0. The second kappa shape index (κ2) is 7.59. The van der Waals surface area contributed by atoms with Crippen molar-refractivity contribution in [3.05, 3.63) is 113 Å². The summed E-state index contributed by atoms with van der Waals surface area (Å²) in [6.07, 6.45) is 0. The van der Waals surface area contributed by atoms with Crippen LogP contribution in [0, 0.1) is 0 Å². The molecule has 0 unspecified atom stereocenters. The van der Waals surface area contributed by atoms with Crippen molar-refractivity contribution in [2.75, 3.05) is 4.90 Å². The summed E-state index contributed by atoms with van der Waals surface area (Å²) in [6, 6.07) is 8.51. The Morgan fingerprint density at radius 1 is 0.692 bits per heavy atom. The van der Waals surface area contributed by atoms with E-state index >= 15 is 0 Å². The highest BCUT2D eigenvalue weighted by atomic mass is 79.9. The average molecular weight is 410 g/mol. The van der Waals surface area contributed by atoms with Gasteiger partial charge in [0.1, 0.15) is 0 Å². The summed E-state index contributed by atoms with van der Waals surface area (Å²) in [5.74, 6) is 0. The summed E-state index contributed by atoms with van der Waals surface area (Å²) >= 11 is 3.41. The second-order valence-electron chi connectivity index (χ2n) is 5.31. The van der Waals surface area contributed by atoms with Gasteiger partial charge in [0.2, 0.25) is 0 Å². The van der Waals surface area contributed by atoms with Crippen molar-refractivity contribution in [2.24, 2.45) is 0 Å². The lowest BCUT2D eigenvalue weighted by molar-refractivity contribution is 1.28. The van der Waals surface area contributed by atoms with Crippen LogP contribution in [0.4, 0.5) is 17.1 Å². The summed E-state index contributed by atoms with van der Waals surface area (Å²) in [4.78, 5) is 1.45. The fourth-order valence-corrected chi connectivity index (χ4v) is 3.01. The van der Waals surface area contributed by atoms with E-state index in [-0.39, 0.29) is 22.5 Å². The highest BCUT2D eigenvalue weighted by Gasteiger charge is 2.16. The van der Waals surface area contributed by atoms with Gasteiger partial charge in [-0.1, -0.05) is 88.5 Å². The Kier molecular flexibility index (Phi) is 2.54. The summed E-state index contributed by atoms with van der Waals surface area (Å²) in [7, 11) is 0. The molecule has 0 saturated carbocycles. The van der Waals surface area contributed by atoms with E-state index in [0.717, 1.165) is 0 Å². The number of hydrogen-bond donors (Lipinski definition) is 0. The Hall–Kier alpha value is -2.84. The number of hydrogen-bond acceptors (Lipinski definition) is 1. The van der Waals surface area contributed by atoms with Gasteiger partial charge in [0, 0.05) is 21.4 Å². The van der Waals surface area contributed by atoms with Crippen molar-refractivity contribution in [3.63, 3.8) is 0 Å². The molecule has 26 heavy (non-hydrogen) atoms. The summed E-state index contributed by atoms with van der Waals surface area (Å²) in [5.41, 5.74) is 0.736. The fourth-order valence-electron chi connectivity index (χ4n) is 2.62. The predicted molar refractivity (Wildman–Crippen MR) is 114 cm³/mol. The van der Waals surface area contributed by atoms with Crippen LogP contribution in [0.25, 0.3) is 11.1 Å². The van der Waals surface area contributed by atoms with Gasteiger partial charge in [0.25, 0.3) is 0 Å². The number of benzene rings is 4. The third-order valence-electron chi connectivity index (χ3n) is 3.69. The third-order valence-corrected chi connectivity index (χ3v) is 4.18. The van der Waals surface area contributed by atoms with Gasteiger partial charge >= 0.3 is 0 Å². The minimum absolute atomic E-state index is 0.0658. The van der Waals surface area contributed by atoms with Crippen molar-refractivity contribution in [2.45, 2.75) is 0 Å². The third kappa shape index (κ3) is 3.42. The molecule has 0 bridgehead atoms. The minimum atomic E-state index is -0.540. The minimum Gasteiger partial charge on any atom is -0.310 e. The topological polar surface area (TPSA) is 3.24 Å². The normalized spacial score (nSPS) is 15.9. The van der Waals surface area contributed by atoms with Crippen LogP contribution >= 0.6 is 15.9 Å². The Bertz CT molecular complexity index is 1460. The molecule has 2 heteroatoms. The molecule has 4 aromatic carbocycles. The van der Waals surface area contributed by atoms with Crippen molar-refractivity contribution in [3.8, 4) is 11.1 Å². The van der Waals surface area contributed by atoms with E-state index in [4.69, 9.17) is 13.7 Å². The van der Waals surface area contributed by atoms with Crippen LogP contribution < -0.4 is 4.90 Å². The molecule has 0 fully saturated rings. The Morgan fingerprint density at radius 2 is 1.38 bits per heavy atom. The molecule has 126 valence electrons. The highest BCUT2D eigenvalue weighted by molar-refractivity contribution is 9.10. The van der Waals surface area contributed by atoms with Crippen molar-refractivity contribution in [1.29, 1.82) is 0 Å². The molecule has 0 spiro atoms. The Morgan fingerprint density at radius 3 is 2.12 bits per heavy atom. The van der Waals surface area contributed by atoms with E-state index in [1.165, 1.54) is 4.90 Å².